The fourth-order valence-electron chi connectivity index (χ4n) is 2.93. The van der Waals surface area contributed by atoms with E-state index >= 15 is 0 Å². The molecule has 0 aromatic heterocycles. The molecule has 0 radical (unpaired) electrons. The van der Waals surface area contributed by atoms with Gasteiger partial charge in [-0.1, -0.05) is 73.7 Å². The molecule has 5 nitrogen and oxygen atoms in total. The molecule has 0 aliphatic carbocycles. The number of rotatable bonds is 9. The number of carboxylic acids is 1. The molecule has 0 aliphatic heterocycles. The van der Waals surface area contributed by atoms with Crippen LogP contribution in [-0.4, -0.2) is 17.1 Å². The number of nitrogens with two attached hydrogens (primary N) is 1. The van der Waals surface area contributed by atoms with Crippen LogP contribution in [0.3, 0.4) is 0 Å². The van der Waals surface area contributed by atoms with Gasteiger partial charge in [0.25, 0.3) is 0 Å². The molecular weight excluding hydrogens is 366 g/mol. The third-order valence-electron chi connectivity index (χ3n) is 4.79. The number of carbonyl (C=O) groups is 1. The standard InChI is InChI=1S/C24H25NO4/c1-17(23(25)24(26)27)20-12-13-21(28-15-18-8-4-2-5-9-18)22(14-20)29-16-19-10-6-3-7-11-19/h2-14,17,23H,15-16,25H2,1H3,(H,26,27). The molecule has 29 heavy (non-hydrogen) atoms. The Hall–Kier alpha value is -3.31. The summed E-state index contributed by atoms with van der Waals surface area (Å²) in [6.45, 7) is 2.58. The van der Waals surface area contributed by atoms with Crippen LogP contribution in [-0.2, 0) is 18.0 Å². The second-order valence-electron chi connectivity index (χ2n) is 6.91. The van der Waals surface area contributed by atoms with Crippen molar-refractivity contribution in [1.82, 2.24) is 0 Å². The average molecular weight is 391 g/mol. The van der Waals surface area contributed by atoms with Crippen LogP contribution in [0.2, 0.25) is 0 Å². The van der Waals surface area contributed by atoms with E-state index < -0.39 is 12.0 Å². The first-order valence-electron chi connectivity index (χ1n) is 9.50. The zero-order chi connectivity index (χ0) is 20.6. The molecule has 5 heteroatoms. The number of benzene rings is 3. The zero-order valence-electron chi connectivity index (χ0n) is 16.3. The molecule has 2 unspecified atom stereocenters. The molecule has 0 heterocycles. The fraction of sp³-hybridized carbons (Fsp3) is 0.208. The van der Waals surface area contributed by atoms with Crippen LogP contribution in [0.4, 0.5) is 0 Å². The number of aliphatic carboxylic acids is 1. The monoisotopic (exact) mass is 391 g/mol. The van der Waals surface area contributed by atoms with Crippen LogP contribution in [0, 0.1) is 0 Å². The summed E-state index contributed by atoms with van der Waals surface area (Å²) in [4.78, 5) is 11.3. The van der Waals surface area contributed by atoms with Crippen LogP contribution in [0.25, 0.3) is 0 Å². The van der Waals surface area contributed by atoms with E-state index in [0.29, 0.717) is 24.7 Å². The van der Waals surface area contributed by atoms with Crippen LogP contribution in [0.5, 0.6) is 11.5 Å². The predicted molar refractivity (Wildman–Crippen MR) is 112 cm³/mol. The molecule has 0 spiro atoms. The molecular formula is C24H25NO4. The van der Waals surface area contributed by atoms with E-state index in [1.54, 1.807) is 6.92 Å². The maximum atomic E-state index is 11.3. The summed E-state index contributed by atoms with van der Waals surface area (Å²) in [5, 5.41) is 9.22. The van der Waals surface area contributed by atoms with Gasteiger partial charge in [0.15, 0.2) is 11.5 Å². The predicted octanol–water partition coefficient (Wildman–Crippen LogP) is 4.36. The number of ether oxygens (including phenoxy) is 2. The first-order valence-corrected chi connectivity index (χ1v) is 9.50. The Labute approximate surface area is 170 Å². The molecule has 0 saturated carbocycles. The molecule has 0 aliphatic rings. The maximum Gasteiger partial charge on any atom is 0.321 e. The molecule has 0 saturated heterocycles. The number of hydrogen-bond donors (Lipinski definition) is 2. The minimum atomic E-state index is -1.03. The summed E-state index contributed by atoms with van der Waals surface area (Å²) in [6.07, 6.45) is 0. The molecule has 2 atom stereocenters. The largest absolute Gasteiger partial charge is 0.485 e. The summed E-state index contributed by atoms with van der Waals surface area (Å²) in [5.41, 5.74) is 8.67. The third kappa shape index (κ3) is 5.59. The summed E-state index contributed by atoms with van der Waals surface area (Å²) < 4.78 is 12.0. The molecule has 0 amide bonds. The third-order valence-corrected chi connectivity index (χ3v) is 4.79. The maximum absolute atomic E-state index is 11.3. The van der Waals surface area contributed by atoms with Crippen molar-refractivity contribution in [1.29, 1.82) is 0 Å². The Balaban J connectivity index is 1.82. The highest BCUT2D eigenvalue weighted by atomic mass is 16.5. The van der Waals surface area contributed by atoms with Crippen molar-refractivity contribution in [3.8, 4) is 11.5 Å². The van der Waals surface area contributed by atoms with E-state index in [1.807, 2.05) is 78.9 Å². The first-order chi connectivity index (χ1) is 14.0. The van der Waals surface area contributed by atoms with E-state index in [1.165, 1.54) is 0 Å². The van der Waals surface area contributed by atoms with Crippen molar-refractivity contribution in [3.05, 3.63) is 95.6 Å². The second-order valence-corrected chi connectivity index (χ2v) is 6.91. The highest BCUT2D eigenvalue weighted by molar-refractivity contribution is 5.74. The van der Waals surface area contributed by atoms with E-state index in [-0.39, 0.29) is 5.92 Å². The van der Waals surface area contributed by atoms with Gasteiger partial charge in [0.1, 0.15) is 19.3 Å². The quantitative estimate of drug-likeness (QED) is 0.566. The molecule has 0 fully saturated rings. The summed E-state index contributed by atoms with van der Waals surface area (Å²) in [6, 6.07) is 24.2. The Morgan fingerprint density at radius 3 is 1.90 bits per heavy atom. The Bertz CT molecular complexity index is 928. The Morgan fingerprint density at radius 2 is 1.38 bits per heavy atom. The molecule has 3 N–H and O–H groups in total. The van der Waals surface area contributed by atoms with E-state index in [2.05, 4.69) is 0 Å². The lowest BCUT2D eigenvalue weighted by Gasteiger charge is -2.19. The first kappa shape index (κ1) is 20.4. The van der Waals surface area contributed by atoms with Crippen LogP contribution >= 0.6 is 0 Å². The zero-order valence-corrected chi connectivity index (χ0v) is 16.3. The van der Waals surface area contributed by atoms with Gasteiger partial charge in [-0.05, 0) is 28.8 Å². The van der Waals surface area contributed by atoms with E-state index in [9.17, 15) is 9.90 Å². The molecule has 150 valence electrons. The molecule has 3 aromatic carbocycles. The lowest BCUT2D eigenvalue weighted by Crippen LogP contribution is -2.35. The fourth-order valence-corrected chi connectivity index (χ4v) is 2.93. The Kier molecular flexibility index (Phi) is 6.87. The van der Waals surface area contributed by atoms with E-state index in [4.69, 9.17) is 15.2 Å². The van der Waals surface area contributed by atoms with Crippen LogP contribution < -0.4 is 15.2 Å². The molecule has 3 aromatic rings. The van der Waals surface area contributed by atoms with Crippen molar-refractivity contribution in [2.45, 2.75) is 32.1 Å². The minimum Gasteiger partial charge on any atom is -0.485 e. The summed E-state index contributed by atoms with van der Waals surface area (Å²) in [5.74, 6) is -0.236. The highest BCUT2D eigenvalue weighted by Crippen LogP contribution is 2.33. The van der Waals surface area contributed by atoms with Crippen molar-refractivity contribution in [3.63, 3.8) is 0 Å². The summed E-state index contributed by atoms with van der Waals surface area (Å²) in [7, 11) is 0. The van der Waals surface area contributed by atoms with Gasteiger partial charge in [0, 0.05) is 5.92 Å². The minimum absolute atomic E-state index is 0.366. The smallest absolute Gasteiger partial charge is 0.321 e. The number of hydrogen-bond acceptors (Lipinski definition) is 4. The van der Waals surface area contributed by atoms with Gasteiger partial charge >= 0.3 is 5.97 Å². The second kappa shape index (κ2) is 9.75. The normalized spacial score (nSPS) is 12.8. The van der Waals surface area contributed by atoms with Gasteiger partial charge in [-0.2, -0.15) is 0 Å². The summed E-state index contributed by atoms with van der Waals surface area (Å²) >= 11 is 0. The van der Waals surface area contributed by atoms with Crippen LogP contribution in [0.15, 0.2) is 78.9 Å². The van der Waals surface area contributed by atoms with Crippen molar-refractivity contribution >= 4 is 5.97 Å². The van der Waals surface area contributed by atoms with Gasteiger partial charge < -0.3 is 20.3 Å². The number of carboxylic acid groups (broad SMARTS) is 1. The Morgan fingerprint density at radius 1 is 0.862 bits per heavy atom. The highest BCUT2D eigenvalue weighted by Gasteiger charge is 2.23. The van der Waals surface area contributed by atoms with Gasteiger partial charge in [-0.3, -0.25) is 4.79 Å². The lowest BCUT2D eigenvalue weighted by atomic mass is 9.93. The van der Waals surface area contributed by atoms with Gasteiger partial charge in [-0.25, -0.2) is 0 Å². The van der Waals surface area contributed by atoms with Crippen molar-refractivity contribution in [2.75, 3.05) is 0 Å². The van der Waals surface area contributed by atoms with Gasteiger partial charge in [0.05, 0.1) is 0 Å². The van der Waals surface area contributed by atoms with E-state index in [0.717, 1.165) is 16.7 Å². The van der Waals surface area contributed by atoms with Crippen molar-refractivity contribution in [2.24, 2.45) is 5.73 Å². The van der Waals surface area contributed by atoms with Gasteiger partial charge in [-0.15, -0.1) is 0 Å². The molecule has 0 bridgehead atoms. The van der Waals surface area contributed by atoms with Crippen LogP contribution in [0.1, 0.15) is 29.5 Å². The molecule has 3 rings (SSSR count). The topological polar surface area (TPSA) is 81.8 Å². The average Bonchev–Trinajstić information content (AvgIpc) is 2.76. The lowest BCUT2D eigenvalue weighted by molar-refractivity contribution is -0.139. The van der Waals surface area contributed by atoms with Gasteiger partial charge in [0.2, 0.25) is 0 Å². The van der Waals surface area contributed by atoms with Crippen molar-refractivity contribution < 1.29 is 19.4 Å². The SMILES string of the molecule is CC(c1ccc(OCc2ccccc2)c(OCc2ccccc2)c1)C(N)C(=O)O.